The smallest absolute Gasteiger partial charge is 0.131 e. The van der Waals surface area contributed by atoms with E-state index in [-0.39, 0.29) is 12.1 Å². The van der Waals surface area contributed by atoms with Crippen LogP contribution in [0.15, 0.2) is 60.7 Å². The number of benzene rings is 2. The van der Waals surface area contributed by atoms with E-state index in [1.54, 1.807) is 0 Å². The number of aldehydes is 1. The highest BCUT2D eigenvalue weighted by Crippen LogP contribution is 2.50. The summed E-state index contributed by atoms with van der Waals surface area (Å²) >= 11 is 0. The first kappa shape index (κ1) is 14.8. The molecule has 0 spiro atoms. The minimum atomic E-state index is -0.577. The van der Waals surface area contributed by atoms with Crippen molar-refractivity contribution in [3.05, 3.63) is 66.2 Å². The minimum Gasteiger partial charge on any atom is -0.303 e. The molecule has 0 amide bonds. The molecule has 3 heteroatoms. The van der Waals surface area contributed by atoms with E-state index in [9.17, 15) is 4.79 Å². The first-order valence-corrected chi connectivity index (χ1v) is 7.73. The van der Waals surface area contributed by atoms with Crippen LogP contribution in [0.25, 0.3) is 0 Å². The number of anilines is 1. The Labute approximate surface area is 131 Å². The first-order valence-electron chi connectivity index (χ1n) is 7.73. The fourth-order valence-electron chi connectivity index (χ4n) is 3.31. The van der Waals surface area contributed by atoms with E-state index in [0.29, 0.717) is 0 Å². The van der Waals surface area contributed by atoms with Gasteiger partial charge in [0, 0.05) is 0 Å². The van der Waals surface area contributed by atoms with Crippen LogP contribution in [-0.2, 0) is 9.63 Å². The van der Waals surface area contributed by atoms with E-state index in [2.05, 4.69) is 19.1 Å². The number of hydrogen-bond donors (Lipinski definition) is 0. The van der Waals surface area contributed by atoms with Gasteiger partial charge in [-0.2, -0.15) is 0 Å². The summed E-state index contributed by atoms with van der Waals surface area (Å²) in [5.41, 5.74) is 1.49. The van der Waals surface area contributed by atoms with Crippen LogP contribution in [0.2, 0.25) is 0 Å². The number of carbonyl (C=O) groups is 1. The van der Waals surface area contributed by atoms with Gasteiger partial charge in [-0.1, -0.05) is 55.5 Å². The second-order valence-corrected chi connectivity index (χ2v) is 5.96. The lowest BCUT2D eigenvalue weighted by Gasteiger charge is -2.31. The summed E-state index contributed by atoms with van der Waals surface area (Å²) < 4.78 is 0. The maximum Gasteiger partial charge on any atom is 0.131 e. The maximum absolute atomic E-state index is 12.0. The molecule has 0 aromatic heterocycles. The largest absolute Gasteiger partial charge is 0.303 e. The van der Waals surface area contributed by atoms with Crippen molar-refractivity contribution in [1.82, 2.24) is 0 Å². The Morgan fingerprint density at radius 1 is 1.09 bits per heavy atom. The molecule has 1 aliphatic heterocycles. The van der Waals surface area contributed by atoms with Crippen LogP contribution in [0.4, 0.5) is 5.69 Å². The molecule has 1 aliphatic rings. The second kappa shape index (κ2) is 5.93. The molecule has 3 nitrogen and oxygen atoms in total. The molecule has 1 fully saturated rings. The molecule has 0 aliphatic carbocycles. The highest BCUT2D eigenvalue weighted by atomic mass is 16.7. The molecule has 2 aromatic carbocycles. The third-order valence-electron chi connectivity index (χ3n) is 4.51. The number of rotatable bonds is 4. The predicted octanol–water partition coefficient (Wildman–Crippen LogP) is 4.16. The van der Waals surface area contributed by atoms with Crippen LogP contribution in [0, 0.1) is 5.41 Å². The summed E-state index contributed by atoms with van der Waals surface area (Å²) in [7, 11) is 0. The topological polar surface area (TPSA) is 29.5 Å². The normalized spacial score (nSPS) is 27.8. The fraction of sp³-hybridized carbons (Fsp3) is 0.316. The van der Waals surface area contributed by atoms with Gasteiger partial charge >= 0.3 is 0 Å². The molecule has 0 radical (unpaired) electrons. The molecule has 0 saturated carbocycles. The van der Waals surface area contributed by atoms with Crippen molar-refractivity contribution < 1.29 is 9.63 Å². The third-order valence-corrected chi connectivity index (χ3v) is 4.51. The lowest BCUT2D eigenvalue weighted by atomic mass is 9.75. The second-order valence-electron chi connectivity index (χ2n) is 5.96. The van der Waals surface area contributed by atoms with Gasteiger partial charge in [-0.15, -0.1) is 0 Å². The van der Waals surface area contributed by atoms with Crippen LogP contribution in [0.3, 0.4) is 0 Å². The highest BCUT2D eigenvalue weighted by Gasteiger charge is 2.53. The Hall–Kier alpha value is -2.13. The summed E-state index contributed by atoms with van der Waals surface area (Å²) in [6.45, 7) is 4.05. The standard InChI is InChI=1S/C19H21NO2/c1-3-17-19(2,14-21)18(15-10-6-4-7-11-15)20(22-17)16-12-8-5-9-13-16/h4-14,17-18H,3H2,1-2H3. The van der Waals surface area contributed by atoms with E-state index < -0.39 is 5.41 Å². The van der Waals surface area contributed by atoms with Gasteiger partial charge in [0.2, 0.25) is 0 Å². The van der Waals surface area contributed by atoms with Crippen molar-refractivity contribution in [2.45, 2.75) is 32.4 Å². The lowest BCUT2D eigenvalue weighted by Crippen LogP contribution is -2.35. The van der Waals surface area contributed by atoms with Crippen LogP contribution >= 0.6 is 0 Å². The van der Waals surface area contributed by atoms with Gasteiger partial charge in [0.15, 0.2) is 0 Å². The molecule has 2 aromatic rings. The SMILES string of the molecule is CCC1ON(c2ccccc2)C(c2ccccc2)C1(C)C=O. The Balaban J connectivity index is 2.11. The molecule has 3 unspecified atom stereocenters. The van der Waals surface area contributed by atoms with Crippen molar-refractivity contribution in [2.75, 3.05) is 5.06 Å². The third kappa shape index (κ3) is 2.32. The zero-order valence-corrected chi connectivity index (χ0v) is 13.0. The Morgan fingerprint density at radius 3 is 2.23 bits per heavy atom. The molecule has 0 bridgehead atoms. The molecule has 22 heavy (non-hydrogen) atoms. The molecule has 1 heterocycles. The Bertz CT molecular complexity index is 628. The molecule has 3 rings (SSSR count). The summed E-state index contributed by atoms with van der Waals surface area (Å²) in [6.07, 6.45) is 1.72. The van der Waals surface area contributed by atoms with Gasteiger partial charge in [-0.25, -0.2) is 5.06 Å². The van der Waals surface area contributed by atoms with Crippen molar-refractivity contribution in [1.29, 1.82) is 0 Å². The van der Waals surface area contributed by atoms with E-state index in [4.69, 9.17) is 4.84 Å². The van der Waals surface area contributed by atoms with Crippen LogP contribution in [-0.4, -0.2) is 12.4 Å². The van der Waals surface area contributed by atoms with E-state index >= 15 is 0 Å². The highest BCUT2D eigenvalue weighted by molar-refractivity contribution is 5.66. The fourth-order valence-corrected chi connectivity index (χ4v) is 3.31. The number of carbonyl (C=O) groups excluding carboxylic acids is 1. The summed E-state index contributed by atoms with van der Waals surface area (Å²) in [5, 5.41) is 1.90. The van der Waals surface area contributed by atoms with Gasteiger partial charge in [-0.05, 0) is 31.0 Å². The average molecular weight is 295 g/mol. The minimum absolute atomic E-state index is 0.126. The molecule has 0 N–H and O–H groups in total. The summed E-state index contributed by atoms with van der Waals surface area (Å²) in [5.74, 6) is 0. The van der Waals surface area contributed by atoms with Crippen molar-refractivity contribution in [3.8, 4) is 0 Å². The lowest BCUT2D eigenvalue weighted by molar-refractivity contribution is -0.118. The van der Waals surface area contributed by atoms with E-state index in [1.165, 1.54) is 0 Å². The number of para-hydroxylation sites is 1. The quantitative estimate of drug-likeness (QED) is 0.793. The molecular weight excluding hydrogens is 274 g/mol. The van der Waals surface area contributed by atoms with Crippen LogP contribution < -0.4 is 5.06 Å². The van der Waals surface area contributed by atoms with Crippen LogP contribution in [0.5, 0.6) is 0 Å². The average Bonchev–Trinajstić information content (AvgIpc) is 2.89. The van der Waals surface area contributed by atoms with Gasteiger partial charge in [-0.3, -0.25) is 4.84 Å². The van der Waals surface area contributed by atoms with Gasteiger partial charge in [0.05, 0.1) is 23.2 Å². The number of hydroxylamine groups is 1. The monoisotopic (exact) mass is 295 g/mol. The predicted molar refractivity (Wildman–Crippen MR) is 87.4 cm³/mol. The molecule has 114 valence electrons. The zero-order chi connectivity index (χ0) is 15.6. The maximum atomic E-state index is 12.0. The zero-order valence-electron chi connectivity index (χ0n) is 13.0. The van der Waals surface area contributed by atoms with Gasteiger partial charge in [0.25, 0.3) is 0 Å². The Morgan fingerprint density at radius 2 is 1.68 bits per heavy atom. The van der Waals surface area contributed by atoms with Gasteiger partial charge < -0.3 is 4.79 Å². The Kier molecular flexibility index (Phi) is 3.99. The molecule has 1 saturated heterocycles. The van der Waals surface area contributed by atoms with Crippen LogP contribution in [0.1, 0.15) is 31.9 Å². The van der Waals surface area contributed by atoms with E-state index in [1.807, 2.05) is 60.5 Å². The summed E-state index contributed by atoms with van der Waals surface area (Å²) in [4.78, 5) is 18.1. The van der Waals surface area contributed by atoms with Crippen molar-refractivity contribution >= 4 is 12.0 Å². The van der Waals surface area contributed by atoms with Crippen molar-refractivity contribution in [2.24, 2.45) is 5.41 Å². The first-order chi connectivity index (χ1) is 10.7. The van der Waals surface area contributed by atoms with Crippen molar-refractivity contribution in [3.63, 3.8) is 0 Å². The number of hydrogen-bond acceptors (Lipinski definition) is 3. The number of nitrogens with zero attached hydrogens (tertiary/aromatic N) is 1. The summed E-state index contributed by atoms with van der Waals surface area (Å²) in [6, 6.07) is 20.0. The molecular formula is C19H21NO2. The van der Waals surface area contributed by atoms with E-state index in [0.717, 1.165) is 24.0 Å². The van der Waals surface area contributed by atoms with Gasteiger partial charge in [0.1, 0.15) is 6.29 Å². The molecule has 3 atom stereocenters.